The van der Waals surface area contributed by atoms with E-state index in [-0.39, 0.29) is 29.6 Å². The summed E-state index contributed by atoms with van der Waals surface area (Å²) in [7, 11) is -2.05. The van der Waals surface area contributed by atoms with Crippen molar-refractivity contribution in [1.29, 1.82) is 0 Å². The summed E-state index contributed by atoms with van der Waals surface area (Å²) >= 11 is 0. The van der Waals surface area contributed by atoms with Gasteiger partial charge >= 0.3 is 5.97 Å². The maximum atomic E-state index is 12.3. The molecular formula is C21H31NO3Si. The number of carbonyl (C=O) groups excluding carboxylic acids is 1. The molecular weight excluding hydrogens is 342 g/mol. The monoisotopic (exact) mass is 373 g/mol. The standard InChI is InChI=1S/C21H31NO3Si/c1-15(2)24-20(23)14-19(25-26(6,7)21(3,4)5)17-11-10-16-9-8-12-22-18(16)13-17/h8-13,15,19H,14H2,1-7H3/t19-/m0/s1. The molecule has 1 aromatic carbocycles. The Morgan fingerprint density at radius 2 is 1.88 bits per heavy atom. The van der Waals surface area contributed by atoms with Gasteiger partial charge in [0.15, 0.2) is 8.32 Å². The lowest BCUT2D eigenvalue weighted by molar-refractivity contribution is -0.149. The van der Waals surface area contributed by atoms with Gasteiger partial charge in [0, 0.05) is 11.6 Å². The van der Waals surface area contributed by atoms with E-state index in [1.165, 1.54) is 0 Å². The smallest absolute Gasteiger partial charge is 0.308 e. The maximum absolute atomic E-state index is 12.3. The minimum absolute atomic E-state index is 0.0578. The number of benzene rings is 1. The van der Waals surface area contributed by atoms with Crippen LogP contribution in [0.25, 0.3) is 10.9 Å². The first-order valence-electron chi connectivity index (χ1n) is 9.21. The topological polar surface area (TPSA) is 48.4 Å². The first kappa shape index (κ1) is 20.6. The molecule has 0 fully saturated rings. The average Bonchev–Trinajstić information content (AvgIpc) is 2.51. The van der Waals surface area contributed by atoms with Crippen LogP contribution in [0.15, 0.2) is 36.5 Å². The van der Waals surface area contributed by atoms with Crippen molar-refractivity contribution in [1.82, 2.24) is 4.98 Å². The third-order valence-electron chi connectivity index (χ3n) is 4.96. The first-order chi connectivity index (χ1) is 12.0. The summed E-state index contributed by atoms with van der Waals surface area (Å²) in [6.45, 7) is 14.7. The van der Waals surface area contributed by atoms with Crippen LogP contribution in [0.5, 0.6) is 0 Å². The Morgan fingerprint density at radius 3 is 2.50 bits per heavy atom. The fourth-order valence-electron chi connectivity index (χ4n) is 2.51. The molecule has 142 valence electrons. The second-order valence-corrected chi connectivity index (χ2v) is 13.3. The molecule has 1 aromatic heterocycles. The Bertz CT molecular complexity index is 765. The number of hydrogen-bond acceptors (Lipinski definition) is 4. The van der Waals surface area contributed by atoms with Crippen molar-refractivity contribution in [2.75, 3.05) is 0 Å². The highest BCUT2D eigenvalue weighted by molar-refractivity contribution is 6.74. The van der Waals surface area contributed by atoms with Crippen molar-refractivity contribution < 1.29 is 14.0 Å². The zero-order chi connectivity index (χ0) is 19.5. The van der Waals surface area contributed by atoms with Gasteiger partial charge in [-0.15, -0.1) is 0 Å². The van der Waals surface area contributed by atoms with E-state index in [0.717, 1.165) is 16.5 Å². The Kier molecular flexibility index (Phi) is 6.24. The number of pyridine rings is 1. The maximum Gasteiger partial charge on any atom is 0.308 e. The molecule has 0 aliphatic carbocycles. The Balaban J connectivity index is 2.36. The van der Waals surface area contributed by atoms with E-state index < -0.39 is 8.32 Å². The summed E-state index contributed by atoms with van der Waals surface area (Å²) in [6.07, 6.45) is 1.54. The van der Waals surface area contributed by atoms with Crippen molar-refractivity contribution in [2.45, 2.75) is 71.4 Å². The van der Waals surface area contributed by atoms with Crippen molar-refractivity contribution in [3.05, 3.63) is 42.1 Å². The largest absolute Gasteiger partial charge is 0.463 e. The van der Waals surface area contributed by atoms with Gasteiger partial charge in [-0.25, -0.2) is 0 Å². The van der Waals surface area contributed by atoms with E-state index in [0.29, 0.717) is 0 Å². The van der Waals surface area contributed by atoms with Crippen LogP contribution in [0.1, 0.15) is 52.7 Å². The second-order valence-electron chi connectivity index (χ2n) is 8.57. The quantitative estimate of drug-likeness (QED) is 0.486. The van der Waals surface area contributed by atoms with Crippen molar-refractivity contribution >= 4 is 25.2 Å². The summed E-state index contributed by atoms with van der Waals surface area (Å²) in [5.41, 5.74) is 1.88. The highest BCUT2D eigenvalue weighted by atomic mass is 28.4. The Hall–Kier alpha value is -1.72. The molecule has 1 heterocycles. The summed E-state index contributed by atoms with van der Waals surface area (Å²) in [6, 6.07) is 10.0. The lowest BCUT2D eigenvalue weighted by Gasteiger charge is -2.39. The first-order valence-corrected chi connectivity index (χ1v) is 12.1. The minimum Gasteiger partial charge on any atom is -0.463 e. The van der Waals surface area contributed by atoms with Crippen LogP contribution in [0.4, 0.5) is 0 Å². The minimum atomic E-state index is -2.05. The van der Waals surface area contributed by atoms with Gasteiger partial charge in [-0.2, -0.15) is 0 Å². The third-order valence-corrected chi connectivity index (χ3v) is 9.45. The molecule has 0 unspecified atom stereocenters. The molecule has 0 radical (unpaired) electrons. The molecule has 1 atom stereocenters. The summed E-state index contributed by atoms with van der Waals surface area (Å²) in [5.74, 6) is -0.232. The number of nitrogens with zero attached hydrogens (tertiary/aromatic N) is 1. The molecule has 5 heteroatoms. The van der Waals surface area contributed by atoms with Gasteiger partial charge in [-0.1, -0.05) is 39.0 Å². The highest BCUT2D eigenvalue weighted by Gasteiger charge is 2.40. The van der Waals surface area contributed by atoms with Crippen LogP contribution in [0.2, 0.25) is 18.1 Å². The van der Waals surface area contributed by atoms with Crippen LogP contribution < -0.4 is 0 Å². The van der Waals surface area contributed by atoms with Gasteiger partial charge in [0.2, 0.25) is 0 Å². The lowest BCUT2D eigenvalue weighted by Crippen LogP contribution is -2.42. The molecule has 0 aliphatic heterocycles. The molecule has 4 nitrogen and oxygen atoms in total. The number of carbonyl (C=O) groups is 1. The molecule has 0 saturated heterocycles. The summed E-state index contributed by atoms with van der Waals surface area (Å²) in [4.78, 5) is 16.8. The van der Waals surface area contributed by atoms with Crippen LogP contribution in [-0.2, 0) is 14.0 Å². The molecule has 0 saturated carbocycles. The molecule has 2 aromatic rings. The highest BCUT2D eigenvalue weighted by Crippen LogP contribution is 2.41. The summed E-state index contributed by atoms with van der Waals surface area (Å²) < 4.78 is 12.0. The molecule has 0 N–H and O–H groups in total. The van der Waals surface area contributed by atoms with E-state index in [9.17, 15) is 4.79 Å². The molecule has 0 spiro atoms. The van der Waals surface area contributed by atoms with Gasteiger partial charge in [0.25, 0.3) is 0 Å². The second kappa shape index (κ2) is 7.88. The molecule has 2 rings (SSSR count). The Morgan fingerprint density at radius 1 is 1.19 bits per heavy atom. The average molecular weight is 374 g/mol. The number of rotatable bonds is 6. The fourth-order valence-corrected chi connectivity index (χ4v) is 3.79. The predicted molar refractivity (Wildman–Crippen MR) is 109 cm³/mol. The molecule has 26 heavy (non-hydrogen) atoms. The number of fused-ring (bicyclic) bond motifs is 1. The van der Waals surface area contributed by atoms with Gasteiger partial charge in [-0.3, -0.25) is 9.78 Å². The zero-order valence-corrected chi connectivity index (χ0v) is 18.0. The SMILES string of the molecule is CC(C)OC(=O)C[C@H](O[Si](C)(C)C(C)(C)C)c1ccc2cccnc2c1. The van der Waals surface area contributed by atoms with Crippen LogP contribution >= 0.6 is 0 Å². The molecule has 0 amide bonds. The van der Waals surface area contributed by atoms with Gasteiger partial charge < -0.3 is 9.16 Å². The summed E-state index contributed by atoms with van der Waals surface area (Å²) in [5, 5.41) is 1.13. The molecule has 0 aliphatic rings. The van der Waals surface area contributed by atoms with Gasteiger partial charge in [-0.05, 0) is 49.7 Å². The number of ether oxygens (including phenoxy) is 1. The van der Waals surface area contributed by atoms with Crippen LogP contribution in [0, 0.1) is 0 Å². The number of aromatic nitrogens is 1. The van der Waals surface area contributed by atoms with Crippen molar-refractivity contribution in [3.8, 4) is 0 Å². The third kappa shape index (κ3) is 5.14. The van der Waals surface area contributed by atoms with Crippen molar-refractivity contribution in [3.63, 3.8) is 0 Å². The Labute approximate surface area is 158 Å². The van der Waals surface area contributed by atoms with E-state index in [1.807, 2.05) is 44.2 Å². The molecule has 0 bridgehead atoms. The van der Waals surface area contributed by atoms with E-state index in [2.05, 4.69) is 38.8 Å². The zero-order valence-electron chi connectivity index (χ0n) is 17.0. The van der Waals surface area contributed by atoms with E-state index in [4.69, 9.17) is 9.16 Å². The van der Waals surface area contributed by atoms with Gasteiger partial charge in [0.1, 0.15) is 0 Å². The van der Waals surface area contributed by atoms with E-state index in [1.54, 1.807) is 6.20 Å². The fraction of sp³-hybridized carbons (Fsp3) is 0.524. The van der Waals surface area contributed by atoms with Crippen LogP contribution in [0.3, 0.4) is 0 Å². The lowest BCUT2D eigenvalue weighted by atomic mass is 10.0. The normalized spacial score (nSPS) is 13.8. The van der Waals surface area contributed by atoms with E-state index >= 15 is 0 Å². The van der Waals surface area contributed by atoms with Crippen LogP contribution in [-0.4, -0.2) is 25.4 Å². The predicted octanol–water partition coefficient (Wildman–Crippen LogP) is 5.64. The number of hydrogen-bond donors (Lipinski definition) is 0. The number of esters is 1. The van der Waals surface area contributed by atoms with Gasteiger partial charge in [0.05, 0.1) is 24.1 Å². The van der Waals surface area contributed by atoms with Crippen molar-refractivity contribution in [2.24, 2.45) is 0 Å².